The Morgan fingerprint density at radius 1 is 1.24 bits per heavy atom. The molecule has 2 rings (SSSR count). The summed E-state index contributed by atoms with van der Waals surface area (Å²) >= 11 is 6.08. The van der Waals surface area contributed by atoms with Crippen molar-refractivity contribution in [3.63, 3.8) is 0 Å². The van der Waals surface area contributed by atoms with E-state index in [1.54, 1.807) is 25.3 Å². The molecule has 0 heterocycles. The van der Waals surface area contributed by atoms with Gasteiger partial charge >= 0.3 is 0 Å². The fraction of sp³-hybridized carbons (Fsp3) is 0.250. The maximum absolute atomic E-state index is 13.5. The van der Waals surface area contributed by atoms with Gasteiger partial charge in [0.15, 0.2) is 0 Å². The van der Waals surface area contributed by atoms with E-state index in [-0.39, 0.29) is 5.82 Å². The quantitative estimate of drug-likeness (QED) is 0.889. The van der Waals surface area contributed by atoms with Gasteiger partial charge in [0.1, 0.15) is 5.82 Å². The Bertz CT molecular complexity index is 675. The van der Waals surface area contributed by atoms with Gasteiger partial charge in [0.2, 0.25) is 0 Å². The molecule has 0 bridgehead atoms. The van der Waals surface area contributed by atoms with Crippen LogP contribution in [0.2, 0.25) is 5.02 Å². The molecule has 0 saturated heterocycles. The molecule has 0 radical (unpaired) electrons. The summed E-state index contributed by atoms with van der Waals surface area (Å²) in [6, 6.07) is 10.7. The van der Waals surface area contributed by atoms with Crippen LogP contribution in [0.4, 0.5) is 10.1 Å². The first-order chi connectivity index (χ1) is 9.95. The number of hydrogen-bond donors (Lipinski definition) is 1. The zero-order valence-corrected chi connectivity index (χ0v) is 13.5. The second kappa shape index (κ2) is 7.05. The van der Waals surface area contributed by atoms with E-state index in [0.717, 1.165) is 16.8 Å². The van der Waals surface area contributed by atoms with Crippen molar-refractivity contribution in [3.05, 3.63) is 63.9 Å². The molecule has 0 fully saturated rings. The van der Waals surface area contributed by atoms with E-state index in [0.29, 0.717) is 22.9 Å². The molecule has 0 spiro atoms. The van der Waals surface area contributed by atoms with Crippen molar-refractivity contribution >= 4 is 28.1 Å². The van der Waals surface area contributed by atoms with Crippen LogP contribution in [0, 0.1) is 12.7 Å². The molecule has 5 heteroatoms. The SMILES string of the molecule is Cc1ccc(CNc2ccc(Cl)c(C[S@](C)=O)c2)cc1F. The molecule has 2 aromatic carbocycles. The highest BCUT2D eigenvalue weighted by Crippen LogP contribution is 2.22. The lowest BCUT2D eigenvalue weighted by molar-refractivity contribution is 0.616. The van der Waals surface area contributed by atoms with E-state index in [1.807, 2.05) is 18.2 Å². The van der Waals surface area contributed by atoms with Crippen molar-refractivity contribution in [1.29, 1.82) is 0 Å². The first-order valence-electron chi connectivity index (χ1n) is 6.53. The third-order valence-electron chi connectivity index (χ3n) is 3.14. The molecule has 21 heavy (non-hydrogen) atoms. The third-order valence-corrected chi connectivity index (χ3v) is 4.22. The van der Waals surface area contributed by atoms with Gasteiger partial charge in [0, 0.05) is 40.1 Å². The van der Waals surface area contributed by atoms with Crippen molar-refractivity contribution in [2.24, 2.45) is 0 Å². The molecule has 1 N–H and O–H groups in total. The van der Waals surface area contributed by atoms with Gasteiger partial charge in [-0.05, 0) is 47.9 Å². The minimum absolute atomic E-state index is 0.201. The molecule has 0 saturated carbocycles. The molecule has 1 atom stereocenters. The van der Waals surface area contributed by atoms with Gasteiger partial charge in [-0.2, -0.15) is 0 Å². The number of halogens is 2. The molecule has 0 amide bonds. The van der Waals surface area contributed by atoms with E-state index in [9.17, 15) is 8.60 Å². The van der Waals surface area contributed by atoms with Crippen LogP contribution in [-0.4, -0.2) is 10.5 Å². The van der Waals surface area contributed by atoms with Crippen LogP contribution in [0.1, 0.15) is 16.7 Å². The lowest BCUT2D eigenvalue weighted by Gasteiger charge is -2.10. The molecule has 2 nitrogen and oxygen atoms in total. The summed E-state index contributed by atoms with van der Waals surface area (Å²) in [5, 5.41) is 3.83. The number of anilines is 1. The zero-order chi connectivity index (χ0) is 15.4. The highest BCUT2D eigenvalue weighted by molar-refractivity contribution is 7.83. The largest absolute Gasteiger partial charge is 0.381 e. The highest BCUT2D eigenvalue weighted by atomic mass is 35.5. The topological polar surface area (TPSA) is 29.1 Å². The first kappa shape index (κ1) is 16.0. The van der Waals surface area contributed by atoms with Gasteiger partial charge in [-0.25, -0.2) is 4.39 Å². The molecule has 0 aromatic heterocycles. The van der Waals surface area contributed by atoms with E-state index in [4.69, 9.17) is 11.6 Å². The first-order valence-corrected chi connectivity index (χ1v) is 8.63. The Balaban J connectivity index is 2.09. The normalized spacial score (nSPS) is 12.2. The lowest BCUT2D eigenvalue weighted by Crippen LogP contribution is -2.02. The van der Waals surface area contributed by atoms with E-state index in [1.165, 1.54) is 6.07 Å². The van der Waals surface area contributed by atoms with E-state index in [2.05, 4.69) is 5.32 Å². The summed E-state index contributed by atoms with van der Waals surface area (Å²) in [6.07, 6.45) is 1.64. The molecule has 0 aliphatic carbocycles. The van der Waals surface area contributed by atoms with Crippen LogP contribution in [0.25, 0.3) is 0 Å². The maximum atomic E-state index is 13.5. The number of hydrogen-bond acceptors (Lipinski definition) is 2. The second-order valence-corrected chi connectivity index (χ2v) is 6.80. The van der Waals surface area contributed by atoms with Gasteiger partial charge in [-0.3, -0.25) is 4.21 Å². The smallest absolute Gasteiger partial charge is 0.126 e. The van der Waals surface area contributed by atoms with Crippen molar-refractivity contribution in [2.45, 2.75) is 19.2 Å². The second-order valence-electron chi connectivity index (χ2n) is 4.96. The van der Waals surface area contributed by atoms with Gasteiger partial charge < -0.3 is 5.32 Å². The van der Waals surface area contributed by atoms with Gasteiger partial charge in [-0.1, -0.05) is 23.7 Å². The summed E-state index contributed by atoms with van der Waals surface area (Å²) in [6.45, 7) is 2.26. The number of benzene rings is 2. The Hall–Kier alpha value is -1.39. The monoisotopic (exact) mass is 325 g/mol. The predicted octanol–water partition coefficient (Wildman–Crippen LogP) is 4.28. The number of nitrogens with one attached hydrogen (secondary N) is 1. The van der Waals surface area contributed by atoms with E-state index < -0.39 is 10.8 Å². The summed E-state index contributed by atoms with van der Waals surface area (Å²) < 4.78 is 24.8. The van der Waals surface area contributed by atoms with Crippen molar-refractivity contribution in [2.75, 3.05) is 11.6 Å². The Morgan fingerprint density at radius 2 is 2.00 bits per heavy atom. The third kappa shape index (κ3) is 4.55. The van der Waals surface area contributed by atoms with Crippen LogP contribution in [0.3, 0.4) is 0 Å². The van der Waals surface area contributed by atoms with Gasteiger partial charge in [0.05, 0.1) is 0 Å². The fourth-order valence-electron chi connectivity index (χ4n) is 1.96. The number of aryl methyl sites for hydroxylation is 1. The Morgan fingerprint density at radius 3 is 2.67 bits per heavy atom. The van der Waals surface area contributed by atoms with Crippen LogP contribution in [0.5, 0.6) is 0 Å². The highest BCUT2D eigenvalue weighted by Gasteiger charge is 2.05. The van der Waals surface area contributed by atoms with Crippen LogP contribution in [-0.2, 0) is 23.1 Å². The summed E-state index contributed by atoms with van der Waals surface area (Å²) in [4.78, 5) is 0. The van der Waals surface area contributed by atoms with Crippen molar-refractivity contribution in [3.8, 4) is 0 Å². The average molecular weight is 326 g/mol. The van der Waals surface area contributed by atoms with Gasteiger partial charge in [-0.15, -0.1) is 0 Å². The summed E-state index contributed by atoms with van der Waals surface area (Å²) in [5.74, 6) is 0.223. The summed E-state index contributed by atoms with van der Waals surface area (Å²) in [7, 11) is -0.943. The predicted molar refractivity (Wildman–Crippen MR) is 87.7 cm³/mol. The fourth-order valence-corrected chi connectivity index (χ4v) is 2.91. The average Bonchev–Trinajstić information content (AvgIpc) is 2.43. The molecular weight excluding hydrogens is 309 g/mol. The van der Waals surface area contributed by atoms with E-state index >= 15 is 0 Å². The standard InChI is InChI=1S/C16H17ClFNOS/c1-11-3-4-12(7-16(11)18)9-19-14-5-6-15(17)13(8-14)10-21(2)20/h3-8,19H,9-10H2,1-2H3/t21-/m0/s1. The van der Waals surface area contributed by atoms with Crippen LogP contribution in [0.15, 0.2) is 36.4 Å². The maximum Gasteiger partial charge on any atom is 0.126 e. The summed E-state index contributed by atoms with van der Waals surface area (Å²) in [5.41, 5.74) is 3.23. The minimum atomic E-state index is -0.943. The minimum Gasteiger partial charge on any atom is -0.381 e. The Kier molecular flexibility index (Phi) is 5.37. The molecule has 0 unspecified atom stereocenters. The molecular formula is C16H17ClFNOS. The lowest BCUT2D eigenvalue weighted by atomic mass is 10.1. The molecule has 0 aliphatic rings. The molecule has 2 aromatic rings. The van der Waals surface area contributed by atoms with Crippen LogP contribution < -0.4 is 5.32 Å². The molecule has 0 aliphatic heterocycles. The Labute approximate surface area is 131 Å². The van der Waals surface area contributed by atoms with Crippen molar-refractivity contribution < 1.29 is 8.60 Å². The van der Waals surface area contributed by atoms with Gasteiger partial charge in [0.25, 0.3) is 0 Å². The zero-order valence-electron chi connectivity index (χ0n) is 12.0. The molecule has 112 valence electrons. The van der Waals surface area contributed by atoms with Crippen molar-refractivity contribution in [1.82, 2.24) is 0 Å². The van der Waals surface area contributed by atoms with Crippen LogP contribution >= 0.6 is 11.6 Å². The number of rotatable bonds is 5.